The van der Waals surface area contributed by atoms with Crippen molar-refractivity contribution in [1.29, 1.82) is 0 Å². The highest BCUT2D eigenvalue weighted by Gasteiger charge is 2.40. The number of tetrazole rings is 2. The molecule has 2 aliphatic rings. The van der Waals surface area contributed by atoms with Crippen LogP contribution in [0, 0.1) is 11.8 Å². The third-order valence-electron chi connectivity index (χ3n) is 6.11. The largest absolute Gasteiger partial charge is 0.355 e. The van der Waals surface area contributed by atoms with Crippen LogP contribution in [-0.2, 0) is 14.2 Å². The molecule has 192 valence electrons. The lowest BCUT2D eigenvalue weighted by Gasteiger charge is -2.07. The van der Waals surface area contributed by atoms with Gasteiger partial charge in [0.1, 0.15) is 13.6 Å². The maximum absolute atomic E-state index is 5.69. The molecule has 6 rings (SSSR count). The summed E-state index contributed by atoms with van der Waals surface area (Å²) in [4.78, 5) is 0. The van der Waals surface area contributed by atoms with Gasteiger partial charge in [-0.05, 0) is 69.8 Å². The topological polar surface area (TPSA) is 115 Å². The van der Waals surface area contributed by atoms with Crippen LogP contribution in [0.1, 0.15) is 12.8 Å². The molecule has 11 nitrogen and oxygen atoms in total. The first-order valence-electron chi connectivity index (χ1n) is 12.1. The van der Waals surface area contributed by atoms with Crippen LogP contribution in [-0.4, -0.2) is 77.7 Å². The van der Waals surface area contributed by atoms with Gasteiger partial charge >= 0.3 is 0 Å². The number of thioether (sulfide) groups is 2. The Hall–Kier alpha value is -2.84. The number of aromatic nitrogens is 8. The summed E-state index contributed by atoms with van der Waals surface area (Å²) in [6, 6.07) is 19.8. The number of hydrogen-bond donors (Lipinski definition) is 0. The lowest BCUT2D eigenvalue weighted by Crippen LogP contribution is -2.09. The number of benzene rings is 2. The van der Waals surface area contributed by atoms with Gasteiger partial charge in [0.2, 0.25) is 10.3 Å². The lowest BCUT2D eigenvalue weighted by molar-refractivity contribution is -0.134. The molecule has 37 heavy (non-hydrogen) atoms. The molecular weight excluding hydrogens is 512 g/mol. The van der Waals surface area contributed by atoms with Crippen LogP contribution in [0.5, 0.6) is 0 Å². The van der Waals surface area contributed by atoms with Gasteiger partial charge in [-0.3, -0.25) is 0 Å². The maximum atomic E-state index is 5.69. The van der Waals surface area contributed by atoms with E-state index in [-0.39, 0.29) is 13.6 Å². The Balaban J connectivity index is 0.826. The van der Waals surface area contributed by atoms with E-state index in [9.17, 15) is 0 Å². The predicted molar refractivity (Wildman–Crippen MR) is 137 cm³/mol. The molecule has 0 saturated heterocycles. The summed E-state index contributed by atoms with van der Waals surface area (Å²) in [5.74, 6) is 0.958. The summed E-state index contributed by atoms with van der Waals surface area (Å²) >= 11 is 3.39. The van der Waals surface area contributed by atoms with E-state index in [1.165, 1.54) is 0 Å². The van der Waals surface area contributed by atoms with Gasteiger partial charge in [-0.2, -0.15) is 9.36 Å². The fourth-order valence-corrected chi connectivity index (χ4v) is 6.29. The fraction of sp³-hybridized carbons (Fsp3) is 0.417. The van der Waals surface area contributed by atoms with Gasteiger partial charge in [0, 0.05) is 10.5 Å². The van der Waals surface area contributed by atoms with Crippen molar-refractivity contribution in [2.24, 2.45) is 11.8 Å². The summed E-state index contributed by atoms with van der Waals surface area (Å²) in [5.41, 5.74) is 1.92. The van der Waals surface area contributed by atoms with E-state index in [2.05, 4.69) is 31.1 Å². The Labute approximate surface area is 222 Å². The molecule has 0 N–H and O–H groups in total. The van der Waals surface area contributed by atoms with E-state index < -0.39 is 0 Å². The second kappa shape index (κ2) is 11.7. The molecule has 0 amide bonds. The van der Waals surface area contributed by atoms with E-state index in [0.717, 1.165) is 34.5 Å². The smallest absolute Gasteiger partial charge is 0.214 e. The molecule has 4 aromatic rings. The molecule has 2 unspecified atom stereocenters. The van der Waals surface area contributed by atoms with E-state index in [0.29, 0.717) is 35.5 Å². The van der Waals surface area contributed by atoms with Gasteiger partial charge in [0.15, 0.2) is 0 Å². The average molecular weight is 539 g/mol. The van der Waals surface area contributed by atoms with Crippen molar-refractivity contribution in [3.8, 4) is 11.4 Å². The molecular formula is C24H26N8O3S2. The van der Waals surface area contributed by atoms with Gasteiger partial charge < -0.3 is 14.2 Å². The summed E-state index contributed by atoms with van der Waals surface area (Å²) in [6.07, 6.45) is 2.16. The molecule has 4 atom stereocenters. The molecule has 13 heteroatoms. The van der Waals surface area contributed by atoms with Crippen LogP contribution >= 0.6 is 23.5 Å². The summed E-state index contributed by atoms with van der Waals surface area (Å²) < 4.78 is 20.4. The van der Waals surface area contributed by atoms with Crippen molar-refractivity contribution in [3.05, 3.63) is 60.7 Å². The van der Waals surface area contributed by atoms with Crippen molar-refractivity contribution in [2.75, 3.05) is 26.8 Å². The first kappa shape index (κ1) is 24.5. The van der Waals surface area contributed by atoms with Crippen molar-refractivity contribution < 1.29 is 14.2 Å². The Bertz CT molecular complexity index is 1180. The number of nitrogens with zero attached hydrogens (tertiary/aromatic N) is 8. The zero-order valence-electron chi connectivity index (χ0n) is 19.9. The number of hydrogen-bond acceptors (Lipinski definition) is 11. The van der Waals surface area contributed by atoms with Crippen LogP contribution in [0.25, 0.3) is 11.4 Å². The monoisotopic (exact) mass is 538 g/mol. The highest BCUT2D eigenvalue weighted by molar-refractivity contribution is 8.00. The molecule has 0 radical (unpaired) electrons. The van der Waals surface area contributed by atoms with Gasteiger partial charge in [-0.25, -0.2) is 0 Å². The molecule has 0 bridgehead atoms. The van der Waals surface area contributed by atoms with Gasteiger partial charge in [-0.1, -0.05) is 59.9 Å². The van der Waals surface area contributed by atoms with E-state index in [1.807, 2.05) is 60.7 Å². The van der Waals surface area contributed by atoms with Gasteiger partial charge in [0.05, 0.1) is 24.6 Å². The lowest BCUT2D eigenvalue weighted by atomic mass is 10.3. The van der Waals surface area contributed by atoms with E-state index in [1.54, 1.807) is 32.9 Å². The third kappa shape index (κ3) is 6.36. The minimum atomic E-state index is 0.227. The maximum Gasteiger partial charge on any atom is 0.214 e. The van der Waals surface area contributed by atoms with Crippen LogP contribution in [0.15, 0.2) is 71.0 Å². The number of ether oxygens (including phenoxy) is 3. The van der Waals surface area contributed by atoms with E-state index in [4.69, 9.17) is 14.2 Å². The average Bonchev–Trinajstić information content (AvgIpc) is 3.72. The summed E-state index contributed by atoms with van der Waals surface area (Å²) in [7, 11) is 0. The molecule has 2 aromatic heterocycles. The molecule has 0 aliphatic heterocycles. The van der Waals surface area contributed by atoms with Gasteiger partial charge in [0.25, 0.3) is 0 Å². The molecule has 2 heterocycles. The summed E-state index contributed by atoms with van der Waals surface area (Å²) in [5, 5.41) is 26.7. The quantitative estimate of drug-likeness (QED) is 0.174. The SMILES string of the molecule is c1ccc(-n2nnnc2SC2C[C@H]2COCOCOC[C@@H]2CC2Sc2nnnn2-c2ccccc2)cc1. The van der Waals surface area contributed by atoms with Crippen molar-refractivity contribution in [1.82, 2.24) is 40.4 Å². The van der Waals surface area contributed by atoms with Crippen molar-refractivity contribution in [3.63, 3.8) is 0 Å². The minimum absolute atomic E-state index is 0.227. The van der Waals surface area contributed by atoms with Gasteiger partial charge in [-0.15, -0.1) is 10.2 Å². The van der Waals surface area contributed by atoms with E-state index >= 15 is 0 Å². The number of para-hydroxylation sites is 2. The minimum Gasteiger partial charge on any atom is -0.355 e. The zero-order chi connectivity index (χ0) is 24.9. The second-order valence-corrected chi connectivity index (χ2v) is 11.3. The molecule has 2 aliphatic carbocycles. The van der Waals surface area contributed by atoms with Crippen LogP contribution < -0.4 is 0 Å². The highest BCUT2D eigenvalue weighted by Crippen LogP contribution is 2.45. The Morgan fingerprint density at radius 3 is 1.57 bits per heavy atom. The standard InChI is InChI=1S/C24H26N8O3S2/c1-3-7-19(8-4-1)31-23(25-27-29-31)36-21-11-17(21)13-33-15-35-16-34-14-18-12-22(18)37-24-26-28-30-32(24)20-9-5-2-6-10-20/h1-10,17-18,21-22H,11-16H2/t17-,18-,21?,22?/m0/s1. The Kier molecular flexibility index (Phi) is 7.74. The highest BCUT2D eigenvalue weighted by atomic mass is 32.2. The Morgan fingerprint density at radius 2 is 1.11 bits per heavy atom. The second-order valence-electron chi connectivity index (χ2n) is 8.90. The van der Waals surface area contributed by atoms with Crippen LogP contribution in [0.4, 0.5) is 0 Å². The fourth-order valence-electron chi connectivity index (χ4n) is 3.87. The third-order valence-corrected chi connectivity index (χ3v) is 8.80. The Morgan fingerprint density at radius 1 is 0.649 bits per heavy atom. The molecule has 2 fully saturated rings. The molecule has 0 spiro atoms. The first-order valence-corrected chi connectivity index (χ1v) is 13.9. The molecule has 2 saturated carbocycles. The van der Waals surface area contributed by atoms with Crippen LogP contribution in [0.3, 0.4) is 0 Å². The summed E-state index contributed by atoms with van der Waals surface area (Å²) in [6.45, 7) is 1.76. The first-order chi connectivity index (χ1) is 18.3. The zero-order valence-corrected chi connectivity index (χ0v) is 21.6. The van der Waals surface area contributed by atoms with Crippen molar-refractivity contribution in [2.45, 2.75) is 33.7 Å². The number of rotatable bonds is 14. The normalized spacial score (nSPS) is 22.3. The van der Waals surface area contributed by atoms with Crippen LogP contribution in [0.2, 0.25) is 0 Å². The predicted octanol–water partition coefficient (Wildman–Crippen LogP) is 3.26. The molecule has 2 aromatic carbocycles. The van der Waals surface area contributed by atoms with Crippen molar-refractivity contribution >= 4 is 23.5 Å².